The van der Waals surface area contributed by atoms with Crippen LogP contribution >= 0.6 is 0 Å². The van der Waals surface area contributed by atoms with Gasteiger partial charge in [0.05, 0.1) is 4.92 Å². The molecule has 5 rings (SSSR count). The summed E-state index contributed by atoms with van der Waals surface area (Å²) in [4.78, 5) is 48.2. The van der Waals surface area contributed by atoms with Crippen molar-refractivity contribution in [3.05, 3.63) is 118 Å². The minimum atomic E-state index is -1.16. The number of imide groups is 2. The molecule has 1 atom stereocenters. The van der Waals surface area contributed by atoms with E-state index in [9.17, 15) is 24.5 Å². The number of benzene rings is 3. The van der Waals surface area contributed by atoms with Crippen LogP contribution in [-0.4, -0.2) is 22.8 Å². The number of nitro benzene ring substituents is 1. The lowest BCUT2D eigenvalue weighted by Crippen LogP contribution is -2.57. The maximum absolute atomic E-state index is 12.9. The second-order valence-corrected chi connectivity index (χ2v) is 8.57. The Hall–Kier alpha value is -4.92. The first kappa shape index (κ1) is 22.9. The molecule has 1 aliphatic heterocycles. The van der Waals surface area contributed by atoms with E-state index in [0.717, 1.165) is 27.5 Å². The molecular formula is C27H21N4O5+. The van der Waals surface area contributed by atoms with Gasteiger partial charge >= 0.3 is 6.03 Å². The molecule has 4 aromatic rings. The minimum absolute atomic E-state index is 0.0102. The summed E-state index contributed by atoms with van der Waals surface area (Å²) in [7, 11) is 0. The zero-order chi connectivity index (χ0) is 25.2. The molecule has 2 heterocycles. The maximum atomic E-state index is 12.9. The molecule has 0 bridgehead atoms. The van der Waals surface area contributed by atoms with Crippen LogP contribution in [0.25, 0.3) is 10.8 Å². The summed E-state index contributed by atoms with van der Waals surface area (Å²) in [5.41, 5.74) is 2.35. The summed E-state index contributed by atoms with van der Waals surface area (Å²) in [6, 6.07) is 22.4. The van der Waals surface area contributed by atoms with Gasteiger partial charge in [-0.25, -0.2) is 4.79 Å². The molecule has 178 valence electrons. The average molecular weight is 481 g/mol. The zero-order valence-corrected chi connectivity index (χ0v) is 19.0. The van der Waals surface area contributed by atoms with E-state index in [0.29, 0.717) is 6.54 Å². The van der Waals surface area contributed by atoms with Crippen LogP contribution < -0.4 is 15.2 Å². The first-order chi connectivity index (χ1) is 17.4. The fourth-order valence-electron chi connectivity index (χ4n) is 4.65. The van der Waals surface area contributed by atoms with E-state index < -0.39 is 34.6 Å². The molecule has 2 N–H and O–H groups in total. The van der Waals surface area contributed by atoms with Crippen LogP contribution in [0, 0.1) is 16.0 Å². The Bertz CT molecular complexity index is 1480. The largest absolute Gasteiger partial charge is 0.328 e. The van der Waals surface area contributed by atoms with Gasteiger partial charge in [-0.3, -0.25) is 30.3 Å². The van der Waals surface area contributed by atoms with Gasteiger partial charge in [0.25, 0.3) is 5.69 Å². The number of barbiturate groups is 1. The molecule has 1 unspecified atom stereocenters. The maximum Gasteiger partial charge on any atom is 0.328 e. The van der Waals surface area contributed by atoms with Crippen LogP contribution in [-0.2, 0) is 16.1 Å². The number of urea groups is 1. The molecule has 9 nitrogen and oxygen atoms in total. The molecule has 0 aliphatic carbocycles. The number of fused-ring (bicyclic) bond motifs is 1. The second kappa shape index (κ2) is 9.38. The Morgan fingerprint density at radius 1 is 0.833 bits per heavy atom. The van der Waals surface area contributed by atoms with Gasteiger partial charge in [0, 0.05) is 34.6 Å². The van der Waals surface area contributed by atoms with E-state index >= 15 is 0 Å². The smallest absolute Gasteiger partial charge is 0.277 e. The molecule has 3 aromatic carbocycles. The summed E-state index contributed by atoms with van der Waals surface area (Å²) in [6.45, 7) is 0.416. The molecule has 1 aromatic heterocycles. The Morgan fingerprint density at radius 3 is 2.14 bits per heavy atom. The number of rotatable bonds is 6. The number of amides is 4. The number of non-ortho nitro benzene ring substituents is 1. The summed E-state index contributed by atoms with van der Waals surface area (Å²) < 4.78 is 1.93. The van der Waals surface area contributed by atoms with Gasteiger partial charge in [-0.1, -0.05) is 48.5 Å². The fraction of sp³-hybridized carbons (Fsp3) is 0.111. The molecule has 36 heavy (non-hydrogen) atoms. The summed E-state index contributed by atoms with van der Waals surface area (Å²) in [6.07, 6.45) is 3.84. The SMILES string of the molecule is O=C1NC(=O)C(C(c2ccccc2)c2c[n+](Cc3ccc([N+](=O)[O-])cc3)cc3ccccc23)C(=O)N1. The van der Waals surface area contributed by atoms with Gasteiger partial charge < -0.3 is 0 Å². The van der Waals surface area contributed by atoms with Crippen LogP contribution in [0.1, 0.15) is 22.6 Å². The lowest BCUT2D eigenvalue weighted by Gasteiger charge is -2.29. The zero-order valence-electron chi connectivity index (χ0n) is 19.0. The van der Waals surface area contributed by atoms with Crippen molar-refractivity contribution in [2.75, 3.05) is 0 Å². The molecule has 9 heteroatoms. The predicted octanol–water partition coefficient (Wildman–Crippen LogP) is 3.20. The van der Waals surface area contributed by atoms with Gasteiger partial charge in [-0.05, 0) is 29.1 Å². The second-order valence-electron chi connectivity index (χ2n) is 8.57. The highest BCUT2D eigenvalue weighted by Gasteiger charge is 2.43. The number of nitro groups is 1. The van der Waals surface area contributed by atoms with Crippen molar-refractivity contribution in [2.45, 2.75) is 12.5 Å². The number of pyridine rings is 1. The van der Waals surface area contributed by atoms with E-state index in [-0.39, 0.29) is 5.69 Å². The number of nitrogens with zero attached hydrogens (tertiary/aromatic N) is 2. The van der Waals surface area contributed by atoms with Crippen LogP contribution in [0.2, 0.25) is 0 Å². The van der Waals surface area contributed by atoms with Gasteiger partial charge in [0.1, 0.15) is 5.92 Å². The lowest BCUT2D eigenvalue weighted by molar-refractivity contribution is -0.687. The Kier molecular flexibility index (Phi) is 5.95. The molecular weight excluding hydrogens is 460 g/mol. The first-order valence-electron chi connectivity index (χ1n) is 11.3. The summed E-state index contributed by atoms with van der Waals surface area (Å²) >= 11 is 0. The number of aromatic nitrogens is 1. The van der Waals surface area contributed by atoms with Crippen molar-refractivity contribution in [3.63, 3.8) is 0 Å². The Labute approximate surface area is 205 Å². The van der Waals surface area contributed by atoms with Crippen molar-refractivity contribution in [1.29, 1.82) is 0 Å². The minimum Gasteiger partial charge on any atom is -0.277 e. The fourth-order valence-corrected chi connectivity index (χ4v) is 4.65. The predicted molar refractivity (Wildman–Crippen MR) is 130 cm³/mol. The van der Waals surface area contributed by atoms with Crippen molar-refractivity contribution >= 4 is 34.3 Å². The van der Waals surface area contributed by atoms with Crippen molar-refractivity contribution < 1.29 is 23.9 Å². The normalized spacial score (nSPS) is 14.8. The quantitative estimate of drug-likeness (QED) is 0.190. The van der Waals surface area contributed by atoms with Gasteiger partial charge in [0.2, 0.25) is 11.8 Å². The first-order valence-corrected chi connectivity index (χ1v) is 11.3. The van der Waals surface area contributed by atoms with Crippen molar-refractivity contribution in [1.82, 2.24) is 10.6 Å². The van der Waals surface area contributed by atoms with Gasteiger partial charge in [-0.15, -0.1) is 0 Å². The molecule has 1 fully saturated rings. The Balaban J connectivity index is 1.66. The van der Waals surface area contributed by atoms with E-state index in [1.54, 1.807) is 12.1 Å². The lowest BCUT2D eigenvalue weighted by atomic mass is 9.78. The Morgan fingerprint density at radius 2 is 1.47 bits per heavy atom. The molecule has 1 aliphatic rings. The highest BCUT2D eigenvalue weighted by molar-refractivity contribution is 6.17. The van der Waals surface area contributed by atoms with Crippen LogP contribution in [0.15, 0.2) is 91.3 Å². The van der Waals surface area contributed by atoms with E-state index in [1.165, 1.54) is 12.1 Å². The van der Waals surface area contributed by atoms with Crippen LogP contribution in [0.4, 0.5) is 10.5 Å². The number of nitrogens with one attached hydrogen (secondary N) is 2. The molecule has 1 saturated heterocycles. The molecule has 0 saturated carbocycles. The van der Waals surface area contributed by atoms with Gasteiger partial charge in [-0.2, -0.15) is 4.57 Å². The third kappa shape index (κ3) is 4.41. The monoisotopic (exact) mass is 481 g/mol. The number of hydrogen-bond acceptors (Lipinski definition) is 5. The van der Waals surface area contributed by atoms with Crippen LogP contribution in [0.3, 0.4) is 0 Å². The molecule has 0 radical (unpaired) electrons. The third-order valence-corrected chi connectivity index (χ3v) is 6.26. The van der Waals surface area contributed by atoms with E-state index in [2.05, 4.69) is 10.6 Å². The number of carbonyl (C=O) groups excluding carboxylic acids is 3. The van der Waals surface area contributed by atoms with Gasteiger partial charge in [0.15, 0.2) is 18.9 Å². The standard InChI is InChI=1S/C27H20N4O5/c32-25-24(26(33)29-27(34)28-25)23(18-6-2-1-3-7-18)22-16-30(15-19-8-4-5-9-21(19)22)14-17-10-12-20(13-11-17)31(35)36/h1-13,15-16,23-24H,14H2,(H-,28,29,32,33,34)/p+1. The highest BCUT2D eigenvalue weighted by Crippen LogP contribution is 2.36. The topological polar surface area (TPSA) is 122 Å². The van der Waals surface area contributed by atoms with Crippen LogP contribution in [0.5, 0.6) is 0 Å². The average Bonchev–Trinajstić information content (AvgIpc) is 2.86. The molecule has 4 amide bonds. The number of carbonyl (C=O) groups is 3. The van der Waals surface area contributed by atoms with E-state index in [1.807, 2.05) is 71.6 Å². The summed E-state index contributed by atoms with van der Waals surface area (Å²) in [5.74, 6) is -3.16. The summed E-state index contributed by atoms with van der Waals surface area (Å²) in [5, 5.41) is 17.2. The highest BCUT2D eigenvalue weighted by atomic mass is 16.6. The third-order valence-electron chi connectivity index (χ3n) is 6.26. The number of hydrogen-bond donors (Lipinski definition) is 2. The van der Waals surface area contributed by atoms with Crippen molar-refractivity contribution in [2.24, 2.45) is 5.92 Å². The molecule has 0 spiro atoms. The van der Waals surface area contributed by atoms with Crippen molar-refractivity contribution in [3.8, 4) is 0 Å². The van der Waals surface area contributed by atoms with E-state index in [4.69, 9.17) is 0 Å².